The van der Waals surface area contributed by atoms with Gasteiger partial charge in [-0.15, -0.1) is 0 Å². The zero-order valence-corrected chi connectivity index (χ0v) is 14.9. The zero-order chi connectivity index (χ0) is 16.8. The van der Waals surface area contributed by atoms with Gasteiger partial charge in [-0.05, 0) is 57.2 Å². The smallest absolute Gasteiger partial charge is 0.137 e. The minimum absolute atomic E-state index is 0.431. The lowest BCUT2D eigenvalue weighted by Crippen LogP contribution is -2.25. The Kier molecular flexibility index (Phi) is 3.63. The lowest BCUT2D eigenvalue weighted by Gasteiger charge is -2.23. The molecule has 25 heavy (non-hydrogen) atoms. The number of imidazole rings is 2. The Labute approximate surface area is 148 Å². The number of hydrogen-bond acceptors (Lipinski definition) is 3. The first kappa shape index (κ1) is 15.1. The highest BCUT2D eigenvalue weighted by molar-refractivity contribution is 5.39. The second-order valence-electron chi connectivity index (χ2n) is 7.46. The Hall–Kier alpha value is -2.14. The maximum absolute atomic E-state index is 5.06. The molecule has 5 nitrogen and oxygen atoms in total. The normalized spacial score (nSPS) is 21.1. The molecule has 1 saturated heterocycles. The van der Waals surface area contributed by atoms with Crippen LogP contribution < -0.4 is 0 Å². The van der Waals surface area contributed by atoms with Crippen LogP contribution in [-0.2, 0) is 26.4 Å². The number of aryl methyl sites for hydroxylation is 1. The minimum atomic E-state index is 0.431. The molecule has 130 valence electrons. The molecule has 0 aromatic carbocycles. The Bertz CT molecular complexity index is 873. The van der Waals surface area contributed by atoms with Crippen LogP contribution in [0.2, 0.25) is 0 Å². The van der Waals surface area contributed by atoms with E-state index in [0.717, 1.165) is 30.9 Å². The molecule has 0 unspecified atom stereocenters. The van der Waals surface area contributed by atoms with Gasteiger partial charge in [-0.1, -0.05) is 6.07 Å². The monoisotopic (exact) mass is 335 g/mol. The van der Waals surface area contributed by atoms with Gasteiger partial charge in [0, 0.05) is 31.7 Å². The topological polar surface area (TPSA) is 38.4 Å². The fraction of sp³-hybridized carbons (Fsp3) is 0.500. The molecule has 3 aromatic rings. The van der Waals surface area contributed by atoms with E-state index in [-0.39, 0.29) is 0 Å². The number of pyridine rings is 1. The van der Waals surface area contributed by atoms with Gasteiger partial charge in [0.15, 0.2) is 0 Å². The summed E-state index contributed by atoms with van der Waals surface area (Å²) < 4.78 is 4.50. The molecule has 1 atom stereocenters. The number of nitrogens with zero attached hydrogens (tertiary/aromatic N) is 5. The highest BCUT2D eigenvalue weighted by atomic mass is 15.2. The van der Waals surface area contributed by atoms with E-state index in [9.17, 15) is 0 Å². The molecule has 5 rings (SSSR count). The first-order valence-electron chi connectivity index (χ1n) is 9.50. The van der Waals surface area contributed by atoms with E-state index >= 15 is 0 Å². The Balaban J connectivity index is 1.43. The molecular formula is C20H25N5. The van der Waals surface area contributed by atoms with Crippen LogP contribution in [-0.4, -0.2) is 30.4 Å². The van der Waals surface area contributed by atoms with Crippen LogP contribution in [0, 0.1) is 0 Å². The van der Waals surface area contributed by atoms with Crippen LogP contribution in [0.25, 0.3) is 5.65 Å². The van der Waals surface area contributed by atoms with Crippen molar-refractivity contribution in [3.05, 3.63) is 53.5 Å². The average molecular weight is 335 g/mol. The lowest BCUT2D eigenvalue weighted by atomic mass is 10.0. The molecule has 0 saturated carbocycles. The summed E-state index contributed by atoms with van der Waals surface area (Å²) in [4.78, 5) is 12.4. The standard InChI is InChI=1S/C20H25N5/c1-23-17-8-3-2-7-16(17)22-20(23)18-9-6-12-24(18)13-15-14-25-11-5-4-10-19(25)21-15/h4-5,10-11,14,18H,2-3,6-9,12-13H2,1H3/t18-/m1/s1. The number of fused-ring (bicyclic) bond motifs is 2. The van der Waals surface area contributed by atoms with Crippen molar-refractivity contribution in [1.82, 2.24) is 23.8 Å². The summed E-state index contributed by atoms with van der Waals surface area (Å²) in [5.74, 6) is 1.27. The first-order chi connectivity index (χ1) is 12.3. The third-order valence-corrected chi connectivity index (χ3v) is 5.85. The van der Waals surface area contributed by atoms with Crippen molar-refractivity contribution in [3.8, 4) is 0 Å². The molecule has 2 aliphatic rings. The van der Waals surface area contributed by atoms with Crippen molar-refractivity contribution in [1.29, 1.82) is 0 Å². The van der Waals surface area contributed by atoms with Gasteiger partial charge in [0.1, 0.15) is 11.5 Å². The van der Waals surface area contributed by atoms with Crippen molar-refractivity contribution in [2.45, 2.75) is 51.1 Å². The Morgan fingerprint density at radius 2 is 2.04 bits per heavy atom. The van der Waals surface area contributed by atoms with Crippen LogP contribution in [0.5, 0.6) is 0 Å². The van der Waals surface area contributed by atoms with E-state index < -0.39 is 0 Å². The van der Waals surface area contributed by atoms with Gasteiger partial charge < -0.3 is 8.97 Å². The molecule has 0 spiro atoms. The van der Waals surface area contributed by atoms with Crippen molar-refractivity contribution >= 4 is 5.65 Å². The molecule has 0 N–H and O–H groups in total. The van der Waals surface area contributed by atoms with Crippen LogP contribution in [0.15, 0.2) is 30.6 Å². The number of likely N-dealkylation sites (tertiary alicyclic amines) is 1. The third-order valence-electron chi connectivity index (χ3n) is 5.85. The highest BCUT2D eigenvalue weighted by Crippen LogP contribution is 2.34. The SMILES string of the molecule is Cn1c([C@H]2CCCN2Cc2cn3ccccc3n2)nc2c1CCCC2. The Morgan fingerprint density at radius 1 is 1.12 bits per heavy atom. The maximum Gasteiger partial charge on any atom is 0.137 e. The van der Waals surface area contributed by atoms with E-state index in [1.165, 1.54) is 49.3 Å². The summed E-state index contributed by atoms with van der Waals surface area (Å²) in [7, 11) is 2.22. The quantitative estimate of drug-likeness (QED) is 0.737. The lowest BCUT2D eigenvalue weighted by molar-refractivity contribution is 0.234. The summed E-state index contributed by atoms with van der Waals surface area (Å²) in [6, 6.07) is 6.59. The van der Waals surface area contributed by atoms with Crippen molar-refractivity contribution in [3.63, 3.8) is 0 Å². The highest BCUT2D eigenvalue weighted by Gasteiger charge is 2.31. The van der Waals surface area contributed by atoms with E-state index in [0.29, 0.717) is 6.04 Å². The van der Waals surface area contributed by atoms with E-state index in [2.05, 4.69) is 45.4 Å². The van der Waals surface area contributed by atoms with Gasteiger partial charge in [-0.25, -0.2) is 9.97 Å². The van der Waals surface area contributed by atoms with Gasteiger partial charge in [0.25, 0.3) is 0 Å². The summed E-state index contributed by atoms with van der Waals surface area (Å²) in [5.41, 5.74) is 5.00. The molecular weight excluding hydrogens is 310 g/mol. The Morgan fingerprint density at radius 3 is 2.92 bits per heavy atom. The number of rotatable bonds is 3. The van der Waals surface area contributed by atoms with Crippen LogP contribution in [0.4, 0.5) is 0 Å². The molecule has 1 aliphatic carbocycles. The second kappa shape index (κ2) is 5.99. The van der Waals surface area contributed by atoms with Crippen molar-refractivity contribution in [2.75, 3.05) is 6.54 Å². The van der Waals surface area contributed by atoms with Crippen LogP contribution in [0.3, 0.4) is 0 Å². The molecule has 0 amide bonds. The van der Waals surface area contributed by atoms with Gasteiger partial charge in [-0.3, -0.25) is 4.90 Å². The van der Waals surface area contributed by atoms with Crippen molar-refractivity contribution in [2.24, 2.45) is 7.05 Å². The van der Waals surface area contributed by atoms with Gasteiger partial charge in [0.05, 0.1) is 17.4 Å². The maximum atomic E-state index is 5.06. The summed E-state index contributed by atoms with van der Waals surface area (Å²) in [5, 5.41) is 0. The zero-order valence-electron chi connectivity index (χ0n) is 14.9. The van der Waals surface area contributed by atoms with Crippen LogP contribution in [0.1, 0.15) is 54.6 Å². The predicted octanol–water partition coefficient (Wildman–Crippen LogP) is 3.28. The first-order valence-corrected chi connectivity index (χ1v) is 9.50. The fourth-order valence-electron chi connectivity index (χ4n) is 4.58. The minimum Gasteiger partial charge on any atom is -0.334 e. The predicted molar refractivity (Wildman–Crippen MR) is 97.4 cm³/mol. The molecule has 3 aromatic heterocycles. The van der Waals surface area contributed by atoms with Crippen LogP contribution >= 0.6 is 0 Å². The molecule has 5 heteroatoms. The summed E-state index contributed by atoms with van der Waals surface area (Å²) >= 11 is 0. The van der Waals surface area contributed by atoms with Gasteiger partial charge in [-0.2, -0.15) is 0 Å². The third kappa shape index (κ3) is 2.58. The van der Waals surface area contributed by atoms with Gasteiger partial charge in [0.2, 0.25) is 0 Å². The average Bonchev–Trinajstić information content (AvgIpc) is 3.32. The van der Waals surface area contributed by atoms with E-state index in [4.69, 9.17) is 9.97 Å². The number of hydrogen-bond donors (Lipinski definition) is 0. The van der Waals surface area contributed by atoms with Gasteiger partial charge >= 0.3 is 0 Å². The molecule has 0 bridgehead atoms. The second-order valence-corrected chi connectivity index (χ2v) is 7.46. The largest absolute Gasteiger partial charge is 0.334 e. The summed E-state index contributed by atoms with van der Waals surface area (Å²) in [6.45, 7) is 2.04. The van der Waals surface area contributed by atoms with E-state index in [1.54, 1.807) is 0 Å². The van der Waals surface area contributed by atoms with E-state index in [1.807, 2.05) is 6.07 Å². The van der Waals surface area contributed by atoms with Crippen molar-refractivity contribution < 1.29 is 0 Å². The fourth-order valence-corrected chi connectivity index (χ4v) is 4.58. The molecule has 4 heterocycles. The molecule has 1 aliphatic heterocycles. The molecule has 0 radical (unpaired) electrons. The molecule has 1 fully saturated rings. The number of aromatic nitrogens is 4. The summed E-state index contributed by atoms with van der Waals surface area (Å²) in [6.07, 6.45) is 11.6.